The monoisotopic (exact) mass is 254 g/mol. The van der Waals surface area contributed by atoms with E-state index < -0.39 is 5.60 Å². The molecule has 104 valence electrons. The standard InChI is InChI=1S/C15H26O3/c1-6-8-15(17,7-2)9-10-18-14(16)13(5)11-12(3)4/h6,12,17H,1,5,7-11H2,2-4H3. The molecule has 0 aromatic rings. The maximum atomic E-state index is 11.6. The second-order valence-corrected chi connectivity index (χ2v) is 5.16. The Kier molecular flexibility index (Phi) is 7.60. The van der Waals surface area contributed by atoms with Crippen molar-refractivity contribution in [3.05, 3.63) is 24.8 Å². The molecule has 3 heteroatoms. The molecule has 1 unspecified atom stereocenters. The summed E-state index contributed by atoms with van der Waals surface area (Å²) in [6, 6.07) is 0. The number of esters is 1. The third-order valence-electron chi connectivity index (χ3n) is 2.93. The fourth-order valence-corrected chi connectivity index (χ4v) is 1.70. The number of carbonyl (C=O) groups excluding carboxylic acids is 1. The summed E-state index contributed by atoms with van der Waals surface area (Å²) in [4.78, 5) is 11.6. The summed E-state index contributed by atoms with van der Waals surface area (Å²) >= 11 is 0. The van der Waals surface area contributed by atoms with E-state index in [9.17, 15) is 9.90 Å². The first kappa shape index (κ1) is 16.9. The van der Waals surface area contributed by atoms with Crippen LogP contribution in [0.3, 0.4) is 0 Å². The minimum atomic E-state index is -0.818. The van der Waals surface area contributed by atoms with E-state index in [2.05, 4.69) is 13.2 Å². The minimum Gasteiger partial charge on any atom is -0.462 e. The average molecular weight is 254 g/mol. The van der Waals surface area contributed by atoms with E-state index in [1.54, 1.807) is 6.08 Å². The topological polar surface area (TPSA) is 46.5 Å². The summed E-state index contributed by atoms with van der Waals surface area (Å²) < 4.78 is 5.12. The van der Waals surface area contributed by atoms with E-state index in [4.69, 9.17) is 4.74 Å². The van der Waals surface area contributed by atoms with Crippen molar-refractivity contribution >= 4 is 5.97 Å². The van der Waals surface area contributed by atoms with Crippen LogP contribution in [0.15, 0.2) is 24.8 Å². The van der Waals surface area contributed by atoms with Crippen LogP contribution in [0.5, 0.6) is 0 Å². The van der Waals surface area contributed by atoms with Gasteiger partial charge < -0.3 is 9.84 Å². The van der Waals surface area contributed by atoms with E-state index in [1.807, 2.05) is 20.8 Å². The molecule has 0 aliphatic rings. The van der Waals surface area contributed by atoms with Crippen LogP contribution in [0.4, 0.5) is 0 Å². The van der Waals surface area contributed by atoms with Crippen LogP contribution in [0.1, 0.15) is 46.5 Å². The molecule has 1 N–H and O–H groups in total. The van der Waals surface area contributed by atoms with Crippen LogP contribution in [0.25, 0.3) is 0 Å². The molecule has 0 bridgehead atoms. The van der Waals surface area contributed by atoms with Gasteiger partial charge in [0, 0.05) is 12.0 Å². The summed E-state index contributed by atoms with van der Waals surface area (Å²) in [6.45, 7) is 13.5. The number of carbonyl (C=O) groups is 1. The summed E-state index contributed by atoms with van der Waals surface area (Å²) in [5.41, 5.74) is -0.324. The van der Waals surface area contributed by atoms with E-state index in [-0.39, 0.29) is 12.6 Å². The molecule has 0 radical (unpaired) electrons. The predicted octanol–water partition coefficient (Wildman–Crippen LogP) is 3.24. The smallest absolute Gasteiger partial charge is 0.333 e. The Labute approximate surface area is 111 Å². The number of ether oxygens (including phenoxy) is 1. The van der Waals surface area contributed by atoms with Crippen LogP contribution in [0, 0.1) is 5.92 Å². The van der Waals surface area contributed by atoms with Gasteiger partial charge in [-0.3, -0.25) is 0 Å². The second-order valence-electron chi connectivity index (χ2n) is 5.16. The lowest BCUT2D eigenvalue weighted by Crippen LogP contribution is -2.29. The molecular weight excluding hydrogens is 228 g/mol. The molecule has 3 nitrogen and oxygen atoms in total. The zero-order valence-corrected chi connectivity index (χ0v) is 11.9. The Morgan fingerprint density at radius 2 is 2.11 bits per heavy atom. The molecule has 18 heavy (non-hydrogen) atoms. The fraction of sp³-hybridized carbons (Fsp3) is 0.667. The summed E-state index contributed by atoms with van der Waals surface area (Å²) in [5, 5.41) is 10.1. The van der Waals surface area contributed by atoms with Crippen LogP contribution < -0.4 is 0 Å². The summed E-state index contributed by atoms with van der Waals surface area (Å²) in [5.74, 6) is 0.0270. The molecule has 0 heterocycles. The van der Waals surface area contributed by atoms with Gasteiger partial charge in [0.25, 0.3) is 0 Å². The normalized spacial score (nSPS) is 14.1. The number of aliphatic hydroxyl groups is 1. The SMILES string of the molecule is C=CCC(O)(CC)CCOC(=O)C(=C)CC(C)C. The Balaban J connectivity index is 4.06. The van der Waals surface area contributed by atoms with Crippen molar-refractivity contribution in [2.24, 2.45) is 5.92 Å². The number of hydrogen-bond acceptors (Lipinski definition) is 3. The largest absolute Gasteiger partial charge is 0.462 e. The molecule has 0 saturated carbocycles. The number of rotatable bonds is 9. The van der Waals surface area contributed by atoms with Gasteiger partial charge in [0.05, 0.1) is 12.2 Å². The molecule has 0 spiro atoms. The molecule has 0 aliphatic heterocycles. The zero-order chi connectivity index (χ0) is 14.2. The first-order valence-corrected chi connectivity index (χ1v) is 6.52. The molecule has 0 fully saturated rings. The quantitative estimate of drug-likeness (QED) is 0.390. The maximum absolute atomic E-state index is 11.6. The van der Waals surface area contributed by atoms with Crippen molar-refractivity contribution in [3.8, 4) is 0 Å². The van der Waals surface area contributed by atoms with E-state index in [0.29, 0.717) is 37.2 Å². The summed E-state index contributed by atoms with van der Waals surface area (Å²) in [7, 11) is 0. The van der Waals surface area contributed by atoms with Crippen molar-refractivity contribution in [2.75, 3.05) is 6.61 Å². The van der Waals surface area contributed by atoms with Crippen LogP contribution in [-0.4, -0.2) is 23.3 Å². The van der Waals surface area contributed by atoms with Gasteiger partial charge in [-0.05, 0) is 25.2 Å². The first-order valence-electron chi connectivity index (χ1n) is 6.52. The third-order valence-corrected chi connectivity index (χ3v) is 2.93. The molecule has 1 atom stereocenters. The van der Waals surface area contributed by atoms with Gasteiger partial charge in [0.15, 0.2) is 0 Å². The average Bonchev–Trinajstić information content (AvgIpc) is 2.28. The van der Waals surface area contributed by atoms with Crippen molar-refractivity contribution in [1.29, 1.82) is 0 Å². The highest BCUT2D eigenvalue weighted by Gasteiger charge is 2.23. The Morgan fingerprint density at radius 1 is 1.50 bits per heavy atom. The third kappa shape index (κ3) is 6.60. The Bertz CT molecular complexity index is 294. The molecule has 0 saturated heterocycles. The molecule has 0 amide bonds. The van der Waals surface area contributed by atoms with Crippen molar-refractivity contribution in [1.82, 2.24) is 0 Å². The minimum absolute atomic E-state index is 0.216. The zero-order valence-electron chi connectivity index (χ0n) is 11.9. The molecule has 0 aromatic heterocycles. The lowest BCUT2D eigenvalue weighted by Gasteiger charge is -2.25. The van der Waals surface area contributed by atoms with Gasteiger partial charge >= 0.3 is 5.97 Å². The van der Waals surface area contributed by atoms with E-state index in [0.717, 1.165) is 0 Å². The Morgan fingerprint density at radius 3 is 2.56 bits per heavy atom. The second kappa shape index (κ2) is 8.09. The Hall–Kier alpha value is -1.09. The predicted molar refractivity (Wildman–Crippen MR) is 74.2 cm³/mol. The molecule has 0 rings (SSSR count). The molecule has 0 aliphatic carbocycles. The number of hydrogen-bond donors (Lipinski definition) is 1. The van der Waals surface area contributed by atoms with Gasteiger partial charge in [0.2, 0.25) is 0 Å². The first-order chi connectivity index (χ1) is 8.34. The van der Waals surface area contributed by atoms with Crippen LogP contribution in [0.2, 0.25) is 0 Å². The highest BCUT2D eigenvalue weighted by molar-refractivity contribution is 5.87. The van der Waals surface area contributed by atoms with Gasteiger partial charge in [0.1, 0.15) is 0 Å². The van der Waals surface area contributed by atoms with Crippen molar-refractivity contribution in [2.45, 2.75) is 52.1 Å². The molecule has 0 aromatic carbocycles. The van der Waals surface area contributed by atoms with Crippen molar-refractivity contribution in [3.63, 3.8) is 0 Å². The highest BCUT2D eigenvalue weighted by Crippen LogP contribution is 2.20. The summed E-state index contributed by atoms with van der Waals surface area (Å²) in [6.07, 6.45) is 3.88. The van der Waals surface area contributed by atoms with Crippen LogP contribution in [-0.2, 0) is 9.53 Å². The van der Waals surface area contributed by atoms with E-state index >= 15 is 0 Å². The molecular formula is C15H26O3. The van der Waals surface area contributed by atoms with Crippen LogP contribution >= 0.6 is 0 Å². The van der Waals surface area contributed by atoms with Gasteiger partial charge in [-0.25, -0.2) is 4.79 Å². The van der Waals surface area contributed by atoms with Gasteiger partial charge in [-0.15, -0.1) is 6.58 Å². The highest BCUT2D eigenvalue weighted by atomic mass is 16.5. The van der Waals surface area contributed by atoms with Gasteiger partial charge in [-0.1, -0.05) is 33.4 Å². The van der Waals surface area contributed by atoms with E-state index in [1.165, 1.54) is 0 Å². The fourth-order valence-electron chi connectivity index (χ4n) is 1.70. The lowest BCUT2D eigenvalue weighted by atomic mass is 9.93. The van der Waals surface area contributed by atoms with Crippen molar-refractivity contribution < 1.29 is 14.6 Å². The van der Waals surface area contributed by atoms with Gasteiger partial charge in [-0.2, -0.15) is 0 Å². The maximum Gasteiger partial charge on any atom is 0.333 e. The lowest BCUT2D eigenvalue weighted by molar-refractivity contribution is -0.140.